The molecule has 2 saturated heterocycles. The fourth-order valence-corrected chi connectivity index (χ4v) is 4.31. The number of ether oxygens (including phenoxy) is 2. The van der Waals surface area contributed by atoms with Crippen LogP contribution in [0.5, 0.6) is 5.75 Å². The lowest BCUT2D eigenvalue weighted by atomic mass is 9.73. The van der Waals surface area contributed by atoms with E-state index in [1.165, 1.54) is 6.42 Å². The van der Waals surface area contributed by atoms with Crippen molar-refractivity contribution in [1.29, 1.82) is 0 Å². The molecule has 3 heterocycles. The molecular formula is C17H23Cl2NO2. The second-order valence-electron chi connectivity index (χ2n) is 7.03. The highest BCUT2D eigenvalue weighted by Gasteiger charge is 2.50. The lowest BCUT2D eigenvalue weighted by Crippen LogP contribution is -2.57. The van der Waals surface area contributed by atoms with Gasteiger partial charge in [0.2, 0.25) is 0 Å². The van der Waals surface area contributed by atoms with Crippen LogP contribution >= 0.6 is 24.0 Å². The average molecular weight is 344 g/mol. The van der Waals surface area contributed by atoms with Crippen LogP contribution in [0.2, 0.25) is 5.02 Å². The fraction of sp³-hybridized carbons (Fsp3) is 0.647. The third-order valence-electron chi connectivity index (χ3n) is 5.26. The highest BCUT2D eigenvalue weighted by Crippen LogP contribution is 2.51. The summed E-state index contributed by atoms with van der Waals surface area (Å²) in [6, 6.07) is 6.35. The van der Waals surface area contributed by atoms with Crippen molar-refractivity contribution in [2.75, 3.05) is 6.54 Å². The summed E-state index contributed by atoms with van der Waals surface area (Å²) in [7, 11) is 0. The van der Waals surface area contributed by atoms with E-state index in [1.54, 1.807) is 0 Å². The summed E-state index contributed by atoms with van der Waals surface area (Å²) in [5.74, 6) is 1.28. The molecule has 3 nitrogen and oxygen atoms in total. The molecule has 122 valence electrons. The smallest absolute Gasteiger partial charge is 0.126 e. The van der Waals surface area contributed by atoms with Crippen molar-refractivity contribution >= 4 is 24.0 Å². The van der Waals surface area contributed by atoms with Crippen molar-refractivity contribution in [1.82, 2.24) is 5.32 Å². The molecule has 0 bridgehead atoms. The van der Waals surface area contributed by atoms with Crippen molar-refractivity contribution in [3.8, 4) is 5.75 Å². The predicted octanol–water partition coefficient (Wildman–Crippen LogP) is 4.13. The summed E-state index contributed by atoms with van der Waals surface area (Å²) >= 11 is 6.19. The molecular weight excluding hydrogens is 321 g/mol. The monoisotopic (exact) mass is 343 g/mol. The first-order chi connectivity index (χ1) is 10.0. The Balaban J connectivity index is 0.00000144. The first-order valence-electron chi connectivity index (χ1n) is 7.92. The molecule has 1 N–H and O–H groups in total. The zero-order chi connectivity index (χ0) is 14.6. The van der Waals surface area contributed by atoms with Crippen LogP contribution in [0.1, 0.15) is 44.8 Å². The van der Waals surface area contributed by atoms with Crippen molar-refractivity contribution < 1.29 is 9.47 Å². The topological polar surface area (TPSA) is 30.5 Å². The van der Waals surface area contributed by atoms with Crippen LogP contribution in [0.3, 0.4) is 0 Å². The molecule has 0 radical (unpaired) electrons. The van der Waals surface area contributed by atoms with E-state index < -0.39 is 0 Å². The van der Waals surface area contributed by atoms with Crippen LogP contribution in [0, 0.1) is 5.92 Å². The molecule has 0 amide bonds. The van der Waals surface area contributed by atoms with Gasteiger partial charge in [-0.1, -0.05) is 11.6 Å². The second-order valence-corrected chi connectivity index (χ2v) is 7.46. The van der Waals surface area contributed by atoms with Gasteiger partial charge in [-0.05, 0) is 57.9 Å². The normalized spacial score (nSPS) is 35.2. The van der Waals surface area contributed by atoms with E-state index >= 15 is 0 Å². The summed E-state index contributed by atoms with van der Waals surface area (Å²) in [5, 5.41) is 4.37. The van der Waals surface area contributed by atoms with Crippen LogP contribution in [0.15, 0.2) is 18.2 Å². The van der Waals surface area contributed by atoms with E-state index in [2.05, 4.69) is 19.2 Å². The zero-order valence-corrected chi connectivity index (χ0v) is 14.5. The highest BCUT2D eigenvalue weighted by atomic mass is 35.5. The Morgan fingerprint density at radius 2 is 2.14 bits per heavy atom. The van der Waals surface area contributed by atoms with Gasteiger partial charge in [0.25, 0.3) is 0 Å². The number of piperidine rings is 1. The van der Waals surface area contributed by atoms with Crippen LogP contribution in [-0.2, 0) is 4.74 Å². The van der Waals surface area contributed by atoms with Gasteiger partial charge in [-0.3, -0.25) is 0 Å². The fourth-order valence-electron chi connectivity index (χ4n) is 4.13. The number of hydrogen-bond donors (Lipinski definition) is 1. The van der Waals surface area contributed by atoms with Crippen molar-refractivity contribution in [3.05, 3.63) is 28.8 Å². The molecule has 3 aliphatic heterocycles. The Kier molecular flexibility index (Phi) is 4.36. The Bertz CT molecular complexity index is 564. The molecule has 0 saturated carbocycles. The number of fused-ring (bicyclic) bond motifs is 4. The van der Waals surface area contributed by atoms with Gasteiger partial charge < -0.3 is 14.8 Å². The maximum atomic E-state index is 6.51. The minimum Gasteiger partial charge on any atom is -0.487 e. The highest BCUT2D eigenvalue weighted by molar-refractivity contribution is 6.30. The van der Waals surface area contributed by atoms with Crippen molar-refractivity contribution in [2.45, 2.75) is 57.0 Å². The third-order valence-corrected chi connectivity index (χ3v) is 5.49. The van der Waals surface area contributed by atoms with Gasteiger partial charge in [0.15, 0.2) is 0 Å². The zero-order valence-electron chi connectivity index (χ0n) is 13.0. The number of benzene rings is 1. The Labute approximate surface area is 143 Å². The number of halogens is 2. The lowest BCUT2D eigenvalue weighted by Gasteiger charge is -2.52. The third kappa shape index (κ3) is 2.62. The van der Waals surface area contributed by atoms with E-state index in [9.17, 15) is 0 Å². The minimum absolute atomic E-state index is 0. The molecule has 5 heteroatoms. The van der Waals surface area contributed by atoms with Crippen LogP contribution in [0.25, 0.3) is 0 Å². The van der Waals surface area contributed by atoms with Gasteiger partial charge in [0.1, 0.15) is 11.4 Å². The molecule has 1 aromatic rings. The van der Waals surface area contributed by atoms with Gasteiger partial charge in [-0.2, -0.15) is 0 Å². The van der Waals surface area contributed by atoms with Gasteiger partial charge in [0, 0.05) is 22.5 Å². The van der Waals surface area contributed by atoms with Crippen LogP contribution < -0.4 is 10.1 Å². The van der Waals surface area contributed by atoms with E-state index in [0.29, 0.717) is 18.1 Å². The predicted molar refractivity (Wildman–Crippen MR) is 90.2 cm³/mol. The van der Waals surface area contributed by atoms with Crippen molar-refractivity contribution in [3.63, 3.8) is 0 Å². The summed E-state index contributed by atoms with van der Waals surface area (Å²) in [5.41, 5.74) is 0.908. The van der Waals surface area contributed by atoms with E-state index in [4.69, 9.17) is 21.1 Å². The number of nitrogens with one attached hydrogen (secondary N) is 1. The van der Waals surface area contributed by atoms with Gasteiger partial charge >= 0.3 is 0 Å². The molecule has 0 unspecified atom stereocenters. The number of hydrogen-bond acceptors (Lipinski definition) is 3. The average Bonchev–Trinajstić information content (AvgIpc) is 2.47. The van der Waals surface area contributed by atoms with Crippen molar-refractivity contribution in [2.24, 2.45) is 5.92 Å². The Hall–Kier alpha value is -0.480. The molecule has 1 aromatic carbocycles. The van der Waals surface area contributed by atoms with Crippen LogP contribution in [-0.4, -0.2) is 24.3 Å². The largest absolute Gasteiger partial charge is 0.487 e. The summed E-state index contributed by atoms with van der Waals surface area (Å²) < 4.78 is 12.8. The summed E-state index contributed by atoms with van der Waals surface area (Å²) in [4.78, 5) is 0. The Morgan fingerprint density at radius 1 is 1.32 bits per heavy atom. The molecule has 2 fully saturated rings. The molecule has 0 aliphatic carbocycles. The quantitative estimate of drug-likeness (QED) is 0.768. The number of rotatable bonds is 0. The molecule has 0 spiro atoms. The molecule has 0 aromatic heterocycles. The maximum Gasteiger partial charge on any atom is 0.126 e. The first-order valence-corrected chi connectivity index (χ1v) is 8.30. The SMILES string of the molecule is CC1(C)Oc2ccc(Cl)cc2[C@@H]2O[C@@H]3CCCN[C@@H]3C[C@H]21.Cl. The summed E-state index contributed by atoms with van der Waals surface area (Å²) in [6.45, 7) is 5.45. The molecule has 22 heavy (non-hydrogen) atoms. The van der Waals surface area contributed by atoms with E-state index in [1.807, 2.05) is 18.2 Å². The first kappa shape index (κ1) is 16.4. The Morgan fingerprint density at radius 3 is 2.95 bits per heavy atom. The standard InChI is InChI=1S/C17H22ClNO2.ClH/c1-17(2)12-9-13-15(4-3-7-19-13)20-16(12)11-8-10(18)5-6-14(11)21-17;/h5-6,8,12-13,15-16,19H,3-4,7,9H2,1-2H3;1H/t12-,13-,15-,16+;/m1./s1. The maximum absolute atomic E-state index is 6.51. The van der Waals surface area contributed by atoms with E-state index in [0.717, 1.165) is 35.7 Å². The second kappa shape index (κ2) is 5.86. The van der Waals surface area contributed by atoms with Gasteiger partial charge in [-0.25, -0.2) is 0 Å². The van der Waals surface area contributed by atoms with Crippen LogP contribution in [0.4, 0.5) is 0 Å². The molecule has 4 atom stereocenters. The molecule has 3 aliphatic rings. The molecule has 4 rings (SSSR count). The summed E-state index contributed by atoms with van der Waals surface area (Å²) in [6.07, 6.45) is 3.87. The van der Waals surface area contributed by atoms with Gasteiger partial charge in [0.05, 0.1) is 12.2 Å². The van der Waals surface area contributed by atoms with E-state index in [-0.39, 0.29) is 24.1 Å². The van der Waals surface area contributed by atoms with Gasteiger partial charge in [-0.15, -0.1) is 12.4 Å². The minimum atomic E-state index is -0.213. The lowest BCUT2D eigenvalue weighted by molar-refractivity contribution is -0.167.